The van der Waals surface area contributed by atoms with Crippen LogP contribution in [0.15, 0.2) is 42.7 Å². The van der Waals surface area contributed by atoms with Crippen LogP contribution in [0.3, 0.4) is 0 Å². The molecule has 0 spiro atoms. The minimum absolute atomic E-state index is 0. The highest BCUT2D eigenvalue weighted by Gasteiger charge is 2.12. The highest BCUT2D eigenvalue weighted by atomic mass is 35.5. The number of halogens is 1. The van der Waals surface area contributed by atoms with Crippen LogP contribution >= 0.6 is 12.4 Å². The van der Waals surface area contributed by atoms with Gasteiger partial charge in [-0.3, -0.25) is 14.8 Å². The van der Waals surface area contributed by atoms with Crippen LogP contribution in [0.25, 0.3) is 11.4 Å². The van der Waals surface area contributed by atoms with Crippen molar-refractivity contribution in [3.63, 3.8) is 0 Å². The van der Waals surface area contributed by atoms with Gasteiger partial charge in [0.2, 0.25) is 0 Å². The molecule has 0 aromatic carbocycles. The average molecular weight is 280 g/mol. The van der Waals surface area contributed by atoms with Gasteiger partial charge in [0.1, 0.15) is 6.04 Å². The van der Waals surface area contributed by atoms with Gasteiger partial charge in [-0.2, -0.15) is 0 Å². The van der Waals surface area contributed by atoms with Crippen LogP contribution in [-0.4, -0.2) is 27.1 Å². The van der Waals surface area contributed by atoms with E-state index in [9.17, 15) is 4.79 Å². The van der Waals surface area contributed by atoms with Gasteiger partial charge in [0, 0.05) is 12.4 Å². The predicted octanol–water partition coefficient (Wildman–Crippen LogP) is 1.52. The van der Waals surface area contributed by atoms with E-state index >= 15 is 0 Å². The normalized spacial score (nSPS) is 11.4. The van der Waals surface area contributed by atoms with Gasteiger partial charge in [-0.25, -0.2) is 0 Å². The standard InChI is InChI=1S/C13H13N3O2.ClH/c14-10(13(17)18)7-9-4-5-12(16-8-9)11-3-1-2-6-15-11;/h1-6,8,10H,7,14H2,(H,17,18);1H. The zero-order valence-corrected chi connectivity index (χ0v) is 10.9. The monoisotopic (exact) mass is 279 g/mol. The summed E-state index contributed by atoms with van der Waals surface area (Å²) in [6, 6.07) is 8.33. The van der Waals surface area contributed by atoms with Crippen LogP contribution in [0.5, 0.6) is 0 Å². The maximum absolute atomic E-state index is 10.6. The molecule has 1 atom stereocenters. The van der Waals surface area contributed by atoms with Crippen molar-refractivity contribution in [3.05, 3.63) is 48.3 Å². The van der Waals surface area contributed by atoms with Crippen molar-refractivity contribution in [1.29, 1.82) is 0 Å². The average Bonchev–Trinajstić information content (AvgIpc) is 2.40. The number of carbonyl (C=O) groups is 1. The Morgan fingerprint density at radius 1 is 1.21 bits per heavy atom. The molecule has 2 aromatic heterocycles. The number of aliphatic carboxylic acids is 1. The zero-order chi connectivity index (χ0) is 13.0. The number of hydrogen-bond donors (Lipinski definition) is 2. The van der Waals surface area contributed by atoms with E-state index in [1.54, 1.807) is 12.4 Å². The number of nitrogens with two attached hydrogens (primary N) is 1. The molecule has 0 aliphatic heterocycles. The molecule has 3 N–H and O–H groups in total. The Hall–Kier alpha value is -1.98. The quantitative estimate of drug-likeness (QED) is 0.886. The van der Waals surface area contributed by atoms with Crippen molar-refractivity contribution in [1.82, 2.24) is 9.97 Å². The topological polar surface area (TPSA) is 89.1 Å². The van der Waals surface area contributed by atoms with E-state index in [1.807, 2.05) is 30.3 Å². The Kier molecular flexibility index (Phi) is 5.41. The van der Waals surface area contributed by atoms with Gasteiger partial charge in [0.15, 0.2) is 0 Å². The molecule has 2 rings (SSSR count). The van der Waals surface area contributed by atoms with Crippen LogP contribution < -0.4 is 5.73 Å². The molecule has 0 radical (unpaired) electrons. The van der Waals surface area contributed by atoms with Crippen molar-refractivity contribution in [2.45, 2.75) is 12.5 Å². The van der Waals surface area contributed by atoms with E-state index in [2.05, 4.69) is 9.97 Å². The van der Waals surface area contributed by atoms with Gasteiger partial charge in [0.25, 0.3) is 0 Å². The van der Waals surface area contributed by atoms with Crippen molar-refractivity contribution in [2.75, 3.05) is 0 Å². The fourth-order valence-electron chi connectivity index (χ4n) is 1.55. The van der Waals surface area contributed by atoms with Crippen LogP contribution in [-0.2, 0) is 11.2 Å². The summed E-state index contributed by atoms with van der Waals surface area (Å²) in [7, 11) is 0. The van der Waals surface area contributed by atoms with Crippen molar-refractivity contribution in [3.8, 4) is 11.4 Å². The summed E-state index contributed by atoms with van der Waals surface area (Å²) in [6.45, 7) is 0. The van der Waals surface area contributed by atoms with E-state index in [0.717, 1.165) is 17.0 Å². The van der Waals surface area contributed by atoms with Gasteiger partial charge < -0.3 is 10.8 Å². The molecule has 0 saturated carbocycles. The second kappa shape index (κ2) is 6.82. The second-order valence-corrected chi connectivity index (χ2v) is 3.92. The van der Waals surface area contributed by atoms with Crippen LogP contribution in [0.1, 0.15) is 5.56 Å². The predicted molar refractivity (Wildman–Crippen MR) is 74.0 cm³/mol. The lowest BCUT2D eigenvalue weighted by Crippen LogP contribution is -2.32. The first-order valence-corrected chi connectivity index (χ1v) is 5.51. The summed E-state index contributed by atoms with van der Waals surface area (Å²) in [4.78, 5) is 19.1. The van der Waals surface area contributed by atoms with Crippen molar-refractivity contribution < 1.29 is 9.90 Å². The first-order chi connectivity index (χ1) is 8.66. The number of hydrogen-bond acceptors (Lipinski definition) is 4. The lowest BCUT2D eigenvalue weighted by Gasteiger charge is -2.06. The molecule has 0 aliphatic rings. The summed E-state index contributed by atoms with van der Waals surface area (Å²) in [5, 5.41) is 8.72. The third-order valence-corrected chi connectivity index (χ3v) is 2.52. The fraction of sp³-hybridized carbons (Fsp3) is 0.154. The molecular weight excluding hydrogens is 266 g/mol. The first-order valence-electron chi connectivity index (χ1n) is 5.51. The molecule has 2 heterocycles. The van der Waals surface area contributed by atoms with E-state index in [-0.39, 0.29) is 18.8 Å². The molecule has 0 aliphatic carbocycles. The minimum atomic E-state index is -1.01. The van der Waals surface area contributed by atoms with Crippen LogP contribution in [0.2, 0.25) is 0 Å². The number of rotatable bonds is 4. The lowest BCUT2D eigenvalue weighted by atomic mass is 10.1. The Balaban J connectivity index is 0.00000180. The van der Waals surface area contributed by atoms with Crippen molar-refractivity contribution in [2.24, 2.45) is 5.73 Å². The summed E-state index contributed by atoms with van der Waals surface area (Å²) in [5.74, 6) is -1.01. The summed E-state index contributed by atoms with van der Waals surface area (Å²) < 4.78 is 0. The third kappa shape index (κ3) is 4.01. The zero-order valence-electron chi connectivity index (χ0n) is 10.1. The van der Waals surface area contributed by atoms with Crippen LogP contribution in [0, 0.1) is 0 Å². The Morgan fingerprint density at radius 2 is 1.95 bits per heavy atom. The fourth-order valence-corrected chi connectivity index (χ4v) is 1.55. The maximum Gasteiger partial charge on any atom is 0.320 e. The largest absolute Gasteiger partial charge is 0.480 e. The minimum Gasteiger partial charge on any atom is -0.480 e. The van der Waals surface area contributed by atoms with E-state index in [0.29, 0.717) is 0 Å². The summed E-state index contributed by atoms with van der Waals surface area (Å²) >= 11 is 0. The summed E-state index contributed by atoms with van der Waals surface area (Å²) in [5.41, 5.74) is 7.79. The van der Waals surface area contributed by atoms with Crippen molar-refractivity contribution >= 4 is 18.4 Å². The van der Waals surface area contributed by atoms with Gasteiger partial charge >= 0.3 is 5.97 Å². The number of aromatic nitrogens is 2. The molecule has 0 saturated heterocycles. The molecule has 5 nitrogen and oxygen atoms in total. The van der Waals surface area contributed by atoms with Gasteiger partial charge in [-0.1, -0.05) is 12.1 Å². The molecule has 0 amide bonds. The number of carboxylic acid groups (broad SMARTS) is 1. The molecule has 0 fully saturated rings. The first kappa shape index (κ1) is 15.1. The molecule has 19 heavy (non-hydrogen) atoms. The highest BCUT2D eigenvalue weighted by Crippen LogP contribution is 2.13. The molecule has 6 heteroatoms. The third-order valence-electron chi connectivity index (χ3n) is 2.52. The Bertz CT molecular complexity index is 531. The molecule has 0 bridgehead atoms. The van der Waals surface area contributed by atoms with Gasteiger partial charge in [-0.05, 0) is 30.2 Å². The van der Waals surface area contributed by atoms with E-state index < -0.39 is 12.0 Å². The van der Waals surface area contributed by atoms with E-state index in [4.69, 9.17) is 10.8 Å². The van der Waals surface area contributed by atoms with Gasteiger partial charge in [0.05, 0.1) is 11.4 Å². The van der Waals surface area contributed by atoms with Gasteiger partial charge in [-0.15, -0.1) is 12.4 Å². The molecule has 100 valence electrons. The highest BCUT2D eigenvalue weighted by molar-refractivity contribution is 5.85. The Morgan fingerprint density at radius 3 is 2.47 bits per heavy atom. The second-order valence-electron chi connectivity index (χ2n) is 3.92. The lowest BCUT2D eigenvalue weighted by molar-refractivity contribution is -0.138. The molecule has 2 aromatic rings. The molecule has 1 unspecified atom stereocenters. The Labute approximate surface area is 116 Å². The maximum atomic E-state index is 10.6. The van der Waals surface area contributed by atoms with Crippen LogP contribution in [0.4, 0.5) is 0 Å². The summed E-state index contributed by atoms with van der Waals surface area (Å²) in [6.07, 6.45) is 3.60. The number of nitrogens with zero attached hydrogens (tertiary/aromatic N) is 2. The van der Waals surface area contributed by atoms with E-state index in [1.165, 1.54) is 0 Å². The SMILES string of the molecule is Cl.NC(Cc1ccc(-c2ccccn2)nc1)C(=O)O. The number of carboxylic acids is 1. The smallest absolute Gasteiger partial charge is 0.320 e. The molecular formula is C13H14ClN3O2. The number of pyridine rings is 2.